The number of nitrogens with zero attached hydrogens (tertiary/aromatic N) is 4. The molecule has 12 nitrogen and oxygen atoms in total. The Morgan fingerprint density at radius 1 is 0.750 bits per heavy atom. The summed E-state index contributed by atoms with van der Waals surface area (Å²) in [5, 5.41) is 20.8. The first-order valence-corrected chi connectivity index (χ1v) is 11.1. The van der Waals surface area contributed by atoms with E-state index in [1.54, 1.807) is 62.4 Å². The van der Waals surface area contributed by atoms with Gasteiger partial charge in [-0.15, -0.1) is 10.2 Å². The minimum atomic E-state index is -0.776. The zero-order valence-electron chi connectivity index (χ0n) is 20.7. The van der Waals surface area contributed by atoms with Crippen LogP contribution in [0.3, 0.4) is 0 Å². The van der Waals surface area contributed by atoms with E-state index in [4.69, 9.17) is 22.9 Å². The molecule has 0 heterocycles. The number of amides is 2. The van der Waals surface area contributed by atoms with Crippen molar-refractivity contribution in [3.63, 3.8) is 0 Å². The first-order chi connectivity index (χ1) is 17.0. The van der Waals surface area contributed by atoms with Crippen LogP contribution in [0, 0.1) is 5.92 Å². The number of hydrogen-bond donors (Lipinski definition) is 6. The fraction of sp³-hybridized carbons (Fsp3) is 0.250. The van der Waals surface area contributed by atoms with Crippen LogP contribution in [0.4, 0.5) is 5.69 Å². The molecule has 2 aromatic carbocycles. The van der Waals surface area contributed by atoms with E-state index in [1.165, 1.54) is 0 Å². The van der Waals surface area contributed by atoms with E-state index in [9.17, 15) is 9.59 Å². The maximum absolute atomic E-state index is 13.0. The molecule has 0 aliphatic rings. The molecular formula is C24H32N10O2. The Bertz CT molecular complexity index is 1210. The van der Waals surface area contributed by atoms with Gasteiger partial charge in [0.15, 0.2) is 0 Å². The molecular weight excluding hydrogens is 460 g/mol. The molecule has 36 heavy (non-hydrogen) atoms. The molecule has 0 unspecified atom stereocenters. The van der Waals surface area contributed by atoms with Crippen LogP contribution in [0.5, 0.6) is 0 Å². The molecule has 2 aromatic rings. The molecule has 190 valence electrons. The fourth-order valence-corrected chi connectivity index (χ4v) is 3.04. The third-order valence-electron chi connectivity index (χ3n) is 4.98. The molecule has 0 fully saturated rings. The van der Waals surface area contributed by atoms with Crippen LogP contribution in [0.15, 0.2) is 68.9 Å². The molecule has 0 radical (unpaired) electrons. The number of nitrogens with one attached hydrogen (secondary N) is 2. The third-order valence-corrected chi connectivity index (χ3v) is 4.98. The lowest BCUT2D eigenvalue weighted by atomic mass is 10.0. The van der Waals surface area contributed by atoms with Gasteiger partial charge in [0.2, 0.25) is 17.8 Å². The highest BCUT2D eigenvalue weighted by molar-refractivity contribution is 6.04. The van der Waals surface area contributed by atoms with Gasteiger partial charge in [-0.3, -0.25) is 9.59 Å². The topological polar surface area (TPSA) is 212 Å². The Morgan fingerprint density at radius 3 is 1.81 bits per heavy atom. The minimum absolute atomic E-state index is 0.138. The molecule has 10 N–H and O–H groups in total. The highest BCUT2D eigenvalue weighted by Gasteiger charge is 2.25. The average molecular weight is 493 g/mol. The number of guanidine groups is 2. The number of carbonyl (C=O) groups excluding carboxylic acids is 2. The molecule has 12 heteroatoms. The van der Waals surface area contributed by atoms with Crippen molar-refractivity contribution in [2.75, 3.05) is 5.32 Å². The molecule has 0 aliphatic heterocycles. The van der Waals surface area contributed by atoms with E-state index >= 15 is 0 Å². The summed E-state index contributed by atoms with van der Waals surface area (Å²) in [4.78, 5) is 25.9. The highest BCUT2D eigenvalue weighted by atomic mass is 16.2. The number of nitrogens with two attached hydrogens (primary N) is 4. The maximum atomic E-state index is 13.0. The smallest absolute Gasteiger partial charge is 0.251 e. The number of anilines is 1. The van der Waals surface area contributed by atoms with Gasteiger partial charge in [0, 0.05) is 11.3 Å². The quantitative estimate of drug-likeness (QED) is 0.171. The second-order valence-corrected chi connectivity index (χ2v) is 8.26. The Balaban J connectivity index is 2.14. The summed E-state index contributed by atoms with van der Waals surface area (Å²) < 4.78 is 0. The summed E-state index contributed by atoms with van der Waals surface area (Å²) >= 11 is 0. The van der Waals surface area contributed by atoms with Gasteiger partial charge in [-0.2, -0.15) is 10.2 Å². The van der Waals surface area contributed by atoms with Crippen molar-refractivity contribution in [3.8, 4) is 0 Å². The van der Waals surface area contributed by atoms with Gasteiger partial charge in [-0.05, 0) is 55.2 Å². The number of carbonyl (C=O) groups is 2. The molecule has 0 aliphatic carbocycles. The maximum Gasteiger partial charge on any atom is 0.251 e. The van der Waals surface area contributed by atoms with Crippen molar-refractivity contribution >= 4 is 40.8 Å². The molecule has 0 aromatic heterocycles. The van der Waals surface area contributed by atoms with Gasteiger partial charge in [0.05, 0.1) is 11.4 Å². The van der Waals surface area contributed by atoms with Crippen LogP contribution in [0.25, 0.3) is 0 Å². The summed E-state index contributed by atoms with van der Waals surface area (Å²) in [5.74, 6) is -1.23. The zero-order valence-corrected chi connectivity index (χ0v) is 20.7. The van der Waals surface area contributed by atoms with Crippen molar-refractivity contribution in [2.45, 2.75) is 33.7 Å². The van der Waals surface area contributed by atoms with Crippen LogP contribution in [0.1, 0.15) is 49.2 Å². The average Bonchev–Trinajstić information content (AvgIpc) is 2.84. The lowest BCUT2D eigenvalue weighted by molar-refractivity contribution is -0.118. The molecule has 0 bridgehead atoms. The van der Waals surface area contributed by atoms with Crippen molar-refractivity contribution in [1.29, 1.82) is 0 Å². The Kier molecular flexibility index (Phi) is 9.66. The van der Waals surface area contributed by atoms with Crippen molar-refractivity contribution in [1.82, 2.24) is 5.32 Å². The predicted molar refractivity (Wildman–Crippen MR) is 144 cm³/mol. The van der Waals surface area contributed by atoms with E-state index < -0.39 is 11.9 Å². The minimum Gasteiger partial charge on any atom is -0.369 e. The summed E-state index contributed by atoms with van der Waals surface area (Å²) in [7, 11) is 0. The summed E-state index contributed by atoms with van der Waals surface area (Å²) in [6, 6.07) is 13.0. The van der Waals surface area contributed by atoms with Crippen molar-refractivity contribution in [3.05, 3.63) is 65.2 Å². The summed E-state index contributed by atoms with van der Waals surface area (Å²) in [5.41, 5.74) is 24.7. The SMILES string of the molecule is C/C(=N\N=C(N)N)c1ccc(NC(=O)[C@@H](NC(=O)c2cccc(/C(C)=N/N=C(N)N)c2)C(C)C)cc1. The summed E-state index contributed by atoms with van der Waals surface area (Å²) in [6.07, 6.45) is 0. The van der Waals surface area contributed by atoms with Gasteiger partial charge in [-0.1, -0.05) is 38.1 Å². The Morgan fingerprint density at radius 2 is 1.28 bits per heavy atom. The first-order valence-electron chi connectivity index (χ1n) is 11.1. The van der Waals surface area contributed by atoms with Crippen LogP contribution < -0.4 is 33.6 Å². The van der Waals surface area contributed by atoms with E-state index in [1.807, 2.05) is 13.8 Å². The van der Waals surface area contributed by atoms with E-state index in [2.05, 4.69) is 31.0 Å². The molecule has 0 spiro atoms. The van der Waals surface area contributed by atoms with Crippen LogP contribution in [-0.4, -0.2) is 41.2 Å². The lowest BCUT2D eigenvalue weighted by Crippen LogP contribution is -2.47. The second-order valence-electron chi connectivity index (χ2n) is 8.26. The van der Waals surface area contributed by atoms with Crippen LogP contribution >= 0.6 is 0 Å². The van der Waals surface area contributed by atoms with Crippen molar-refractivity contribution < 1.29 is 9.59 Å². The van der Waals surface area contributed by atoms with Gasteiger partial charge in [-0.25, -0.2) is 0 Å². The monoisotopic (exact) mass is 492 g/mol. The van der Waals surface area contributed by atoms with Crippen molar-refractivity contribution in [2.24, 2.45) is 49.3 Å². The zero-order chi connectivity index (χ0) is 26.8. The van der Waals surface area contributed by atoms with Gasteiger partial charge >= 0.3 is 0 Å². The molecule has 0 saturated carbocycles. The normalized spacial score (nSPS) is 12.5. The second kappa shape index (κ2) is 12.6. The predicted octanol–water partition coefficient (Wildman–Crippen LogP) is 1.07. The standard InChI is InChI=1S/C24H32N10O2/c1-13(2)20(22(36)29-19-10-8-16(9-11-19)14(3)31-33-23(25)26)30-21(35)18-7-5-6-17(12-18)15(4)32-34-24(27)28/h5-13,20H,1-4H3,(H,29,36)(H,30,35)(H4,25,26,33)(H4,27,28,34)/b31-14+,32-15+/t20-/m0/s1. The Labute approximate surface area is 209 Å². The number of rotatable bonds is 9. The molecule has 2 rings (SSSR count). The summed E-state index contributed by atoms with van der Waals surface area (Å²) in [6.45, 7) is 7.17. The van der Waals surface area contributed by atoms with Gasteiger partial charge in [0.1, 0.15) is 6.04 Å². The largest absolute Gasteiger partial charge is 0.369 e. The van der Waals surface area contributed by atoms with Crippen LogP contribution in [-0.2, 0) is 4.79 Å². The fourth-order valence-electron chi connectivity index (χ4n) is 3.04. The third kappa shape index (κ3) is 8.24. The highest BCUT2D eigenvalue weighted by Crippen LogP contribution is 2.14. The van der Waals surface area contributed by atoms with Crippen LogP contribution in [0.2, 0.25) is 0 Å². The first kappa shape index (κ1) is 27.5. The molecule has 2 amide bonds. The molecule has 1 atom stereocenters. The number of hydrogen-bond acceptors (Lipinski definition) is 6. The Hall–Kier alpha value is -4.74. The van der Waals surface area contributed by atoms with Gasteiger partial charge in [0.25, 0.3) is 5.91 Å². The van der Waals surface area contributed by atoms with E-state index in [-0.39, 0.29) is 23.7 Å². The van der Waals surface area contributed by atoms with Gasteiger partial charge < -0.3 is 33.6 Å². The molecule has 0 saturated heterocycles. The van der Waals surface area contributed by atoms with E-state index in [0.717, 1.165) is 5.56 Å². The number of benzene rings is 2. The lowest BCUT2D eigenvalue weighted by Gasteiger charge is -2.22. The van der Waals surface area contributed by atoms with E-state index in [0.29, 0.717) is 28.2 Å².